The summed E-state index contributed by atoms with van der Waals surface area (Å²) in [7, 11) is 0. The molecular weight excluding hydrogens is 603 g/mol. The van der Waals surface area contributed by atoms with E-state index >= 15 is 0 Å². The Labute approximate surface area is 217 Å². The first-order chi connectivity index (χ1) is 16.8. The van der Waals surface area contributed by atoms with E-state index < -0.39 is 17.1 Å². The zero-order valence-electron chi connectivity index (χ0n) is 23.5. The van der Waals surface area contributed by atoms with Crippen LogP contribution in [0.3, 0.4) is 0 Å². The summed E-state index contributed by atoms with van der Waals surface area (Å²) in [5.41, 5.74) is 13.3. The topological polar surface area (TPSA) is 0 Å². The fourth-order valence-corrected chi connectivity index (χ4v) is 53.7. The molecule has 0 saturated heterocycles. The van der Waals surface area contributed by atoms with Gasteiger partial charge in [-0.1, -0.05) is 0 Å². The SMILES string of the molecule is CCCCC[SiH]=[Hf]([CH3])([CH3])([CH]1C(CC)=Cc2c(CC)cccc21)[CH]1C(CC)=Cc2c(CC)cccc21. The van der Waals surface area contributed by atoms with Crippen molar-refractivity contribution in [3.8, 4) is 0 Å². The Kier molecular flexibility index (Phi) is 8.33. The average Bonchev–Trinajstić information content (AvgIpc) is 3.46. The van der Waals surface area contributed by atoms with E-state index in [0.29, 0.717) is 13.6 Å². The van der Waals surface area contributed by atoms with Crippen molar-refractivity contribution < 1.29 is 17.1 Å². The molecule has 35 heavy (non-hydrogen) atoms. The van der Waals surface area contributed by atoms with Crippen LogP contribution in [0.15, 0.2) is 47.5 Å². The van der Waals surface area contributed by atoms with Gasteiger partial charge >= 0.3 is 219 Å². The van der Waals surface area contributed by atoms with Gasteiger partial charge in [-0.2, -0.15) is 0 Å². The summed E-state index contributed by atoms with van der Waals surface area (Å²) in [6.45, 7) is 11.9. The molecule has 0 heterocycles. The molecule has 0 radical (unpaired) electrons. The Morgan fingerprint density at radius 2 is 1.14 bits per heavy atom. The molecule has 0 nitrogen and oxygen atoms in total. The zero-order valence-corrected chi connectivity index (χ0v) is 28.3. The van der Waals surface area contributed by atoms with Crippen molar-refractivity contribution in [3.05, 3.63) is 80.9 Å². The van der Waals surface area contributed by atoms with Crippen molar-refractivity contribution in [2.45, 2.75) is 102 Å². The monoisotopic (exact) mass is 652 g/mol. The number of fused-ring (bicyclic) bond motifs is 2. The molecule has 2 aromatic rings. The first-order valence-electron chi connectivity index (χ1n) is 14.5. The minimum atomic E-state index is -3.62. The van der Waals surface area contributed by atoms with Gasteiger partial charge in [0.2, 0.25) is 0 Å². The molecule has 0 N–H and O–H groups in total. The van der Waals surface area contributed by atoms with Gasteiger partial charge in [0.05, 0.1) is 0 Å². The van der Waals surface area contributed by atoms with Crippen LogP contribution in [0.25, 0.3) is 12.2 Å². The number of hydrogen-bond acceptors (Lipinski definition) is 0. The Morgan fingerprint density at radius 1 is 0.657 bits per heavy atom. The van der Waals surface area contributed by atoms with Crippen LogP contribution in [0.2, 0.25) is 15.4 Å². The molecule has 2 aliphatic rings. The van der Waals surface area contributed by atoms with Gasteiger partial charge in [-0.15, -0.1) is 0 Å². The van der Waals surface area contributed by atoms with Gasteiger partial charge in [0, 0.05) is 0 Å². The molecule has 0 fully saturated rings. The fourth-order valence-electron chi connectivity index (χ4n) is 7.79. The van der Waals surface area contributed by atoms with Crippen molar-refractivity contribution in [2.75, 3.05) is 0 Å². The minimum absolute atomic E-state index is 0.467. The van der Waals surface area contributed by atoms with Gasteiger partial charge in [0.25, 0.3) is 0 Å². The van der Waals surface area contributed by atoms with Crippen LogP contribution >= 0.6 is 0 Å². The van der Waals surface area contributed by atoms with Gasteiger partial charge in [0.1, 0.15) is 0 Å². The summed E-state index contributed by atoms with van der Waals surface area (Å²) in [4.78, 5) is 0. The van der Waals surface area contributed by atoms with Crippen LogP contribution in [0.1, 0.15) is 107 Å². The normalized spacial score (nSPS) is 19.3. The molecule has 0 bridgehead atoms. The molecule has 2 aliphatic carbocycles. The molecule has 2 unspecified atom stereocenters. The Morgan fingerprint density at radius 3 is 1.54 bits per heavy atom. The Bertz CT molecular complexity index is 1140. The van der Waals surface area contributed by atoms with Crippen molar-refractivity contribution in [2.24, 2.45) is 0 Å². The summed E-state index contributed by atoms with van der Waals surface area (Å²) < 4.78 is 7.29. The van der Waals surface area contributed by atoms with Crippen LogP contribution in [0.5, 0.6) is 0 Å². The van der Waals surface area contributed by atoms with E-state index in [1.165, 1.54) is 38.1 Å². The van der Waals surface area contributed by atoms with Gasteiger partial charge < -0.3 is 0 Å². The molecule has 0 saturated carbocycles. The second kappa shape index (κ2) is 10.8. The summed E-state index contributed by atoms with van der Waals surface area (Å²) in [5, 5.41) is 0. The quantitative estimate of drug-likeness (QED) is 0.177. The predicted molar refractivity (Wildman–Crippen MR) is 157 cm³/mol. The Hall–Kier alpha value is -0.993. The van der Waals surface area contributed by atoms with Crippen molar-refractivity contribution in [1.82, 2.24) is 0 Å². The predicted octanol–water partition coefficient (Wildman–Crippen LogP) is 9.95. The number of allylic oxidation sites excluding steroid dienone is 2. The van der Waals surface area contributed by atoms with E-state index in [2.05, 4.69) is 92.5 Å². The second-order valence-electron chi connectivity index (χ2n) is 12.0. The number of hydrogen-bond donors (Lipinski definition) is 0. The standard InChI is InChI=1S/2C13H15.C5H12Si.2CH3.Hf/c2*1-3-10-8-12-7-5-6-11(4-2)13(12)9-10;1-2-3-4-5-6;;;/h2*5-9H,3-4H2,1-2H3;6H,2-5H2,1H3;2*1H3;. The third-order valence-electron chi connectivity index (χ3n) is 9.48. The maximum atomic E-state index is 2.93. The van der Waals surface area contributed by atoms with E-state index in [1.807, 2.05) is 0 Å². The van der Waals surface area contributed by atoms with E-state index in [4.69, 9.17) is 0 Å². The second-order valence-corrected chi connectivity index (χ2v) is 56.1. The summed E-state index contributed by atoms with van der Waals surface area (Å²) in [6.07, 6.45) is 14.6. The van der Waals surface area contributed by atoms with Crippen LogP contribution in [-0.2, 0) is 30.0 Å². The number of unbranched alkanes of at least 4 members (excludes halogenated alkanes) is 2. The number of aryl methyl sites for hydroxylation is 2. The van der Waals surface area contributed by atoms with E-state index in [9.17, 15) is 0 Å². The third-order valence-corrected chi connectivity index (χ3v) is 51.9. The molecule has 188 valence electrons. The molecule has 2 aromatic carbocycles. The van der Waals surface area contributed by atoms with Crippen molar-refractivity contribution >= 4 is 18.4 Å². The maximum absolute atomic E-state index is 3.62. The van der Waals surface area contributed by atoms with Gasteiger partial charge in [-0.3, -0.25) is 0 Å². The molecular formula is C33H48HfSi. The average molecular weight is 651 g/mol. The van der Waals surface area contributed by atoms with E-state index in [0.717, 1.165) is 12.8 Å². The van der Waals surface area contributed by atoms with Crippen LogP contribution in [0.4, 0.5) is 0 Å². The van der Waals surface area contributed by atoms with Crippen LogP contribution < -0.4 is 0 Å². The molecule has 2 heteroatoms. The Balaban J connectivity index is 2.01. The first kappa shape index (κ1) is 27.1. The van der Waals surface area contributed by atoms with Crippen LogP contribution in [-0.4, -0.2) is 6.22 Å². The molecule has 0 amide bonds. The summed E-state index contributed by atoms with van der Waals surface area (Å²) >= 11 is -3.62. The van der Waals surface area contributed by atoms with E-state index in [1.54, 1.807) is 44.5 Å². The molecule has 2 atom stereocenters. The molecule has 0 spiro atoms. The van der Waals surface area contributed by atoms with Crippen LogP contribution in [0, 0.1) is 0 Å². The third kappa shape index (κ3) is 4.61. The molecule has 0 aliphatic heterocycles. The molecule has 4 rings (SSSR count). The number of benzene rings is 2. The number of rotatable bonds is 10. The molecule has 0 aromatic heterocycles. The van der Waals surface area contributed by atoms with Gasteiger partial charge in [-0.25, -0.2) is 0 Å². The van der Waals surface area contributed by atoms with Crippen molar-refractivity contribution in [1.29, 1.82) is 0 Å². The summed E-state index contributed by atoms with van der Waals surface area (Å²) in [5.74, 6) is 0. The fraction of sp³-hybridized carbons (Fsp3) is 0.515. The van der Waals surface area contributed by atoms with Gasteiger partial charge in [0.15, 0.2) is 0 Å². The summed E-state index contributed by atoms with van der Waals surface area (Å²) in [6, 6.07) is 16.0. The van der Waals surface area contributed by atoms with Gasteiger partial charge in [-0.05, 0) is 0 Å². The van der Waals surface area contributed by atoms with E-state index in [-0.39, 0.29) is 0 Å². The van der Waals surface area contributed by atoms with Crippen molar-refractivity contribution in [3.63, 3.8) is 0 Å². The zero-order chi connectivity index (χ0) is 25.2. The first-order valence-corrected chi connectivity index (χ1v) is 33.5.